The summed E-state index contributed by atoms with van der Waals surface area (Å²) in [4.78, 5) is 12.3. The maximum absolute atomic E-state index is 12.3. The fourth-order valence-corrected chi connectivity index (χ4v) is 3.27. The third-order valence-electron chi connectivity index (χ3n) is 4.54. The van der Waals surface area contributed by atoms with Crippen molar-refractivity contribution >= 4 is 11.7 Å². The van der Waals surface area contributed by atoms with Gasteiger partial charge in [-0.15, -0.1) is 0 Å². The second-order valence-corrected chi connectivity index (χ2v) is 6.17. The normalized spacial score (nSPS) is 25.4. The molecule has 4 N–H and O–H groups in total. The summed E-state index contributed by atoms with van der Waals surface area (Å²) in [7, 11) is 1.56. The van der Waals surface area contributed by atoms with Crippen LogP contribution in [-0.2, 0) is 0 Å². The Balaban J connectivity index is 1.71. The molecule has 132 valence electrons. The highest BCUT2D eigenvalue weighted by Gasteiger charge is 2.43. The van der Waals surface area contributed by atoms with Gasteiger partial charge in [-0.1, -0.05) is 36.4 Å². The number of aliphatic hydroxyl groups excluding tert-OH is 2. The van der Waals surface area contributed by atoms with Crippen molar-refractivity contribution in [2.75, 3.05) is 12.4 Å². The zero-order valence-electron chi connectivity index (χ0n) is 13.9. The number of methoxy groups -OCH3 is 1. The van der Waals surface area contributed by atoms with Crippen LogP contribution < -0.4 is 15.4 Å². The molecule has 6 nitrogen and oxygen atoms in total. The number of hydrogen-bond acceptors (Lipinski definition) is 4. The number of ether oxygens (including phenoxy) is 1. The van der Waals surface area contributed by atoms with Crippen molar-refractivity contribution in [2.45, 2.75) is 30.6 Å². The van der Waals surface area contributed by atoms with Gasteiger partial charge in [0, 0.05) is 17.7 Å². The quantitative estimate of drug-likeness (QED) is 0.685. The van der Waals surface area contributed by atoms with E-state index in [4.69, 9.17) is 4.74 Å². The second kappa shape index (κ2) is 7.55. The number of urea groups is 1. The predicted molar refractivity (Wildman–Crippen MR) is 94.8 cm³/mol. The fourth-order valence-electron chi connectivity index (χ4n) is 3.27. The minimum absolute atomic E-state index is 0.151. The molecule has 0 aliphatic heterocycles. The molecule has 0 heterocycles. The fraction of sp³-hybridized carbons (Fsp3) is 0.316. The summed E-state index contributed by atoms with van der Waals surface area (Å²) < 4.78 is 5.13. The molecule has 6 heteroatoms. The molecule has 4 atom stereocenters. The number of carbonyl (C=O) groups excluding carboxylic acids is 1. The highest BCUT2D eigenvalue weighted by molar-refractivity contribution is 5.89. The summed E-state index contributed by atoms with van der Waals surface area (Å²) in [6.45, 7) is 0. The molecule has 0 unspecified atom stereocenters. The lowest BCUT2D eigenvalue weighted by Gasteiger charge is -2.24. The molecule has 0 radical (unpaired) electrons. The van der Waals surface area contributed by atoms with E-state index in [0.717, 1.165) is 5.56 Å². The summed E-state index contributed by atoms with van der Waals surface area (Å²) in [6.07, 6.45) is -1.48. The first-order valence-corrected chi connectivity index (χ1v) is 8.21. The van der Waals surface area contributed by atoms with E-state index in [2.05, 4.69) is 10.6 Å². The lowest BCUT2D eigenvalue weighted by molar-refractivity contribution is 0.0322. The van der Waals surface area contributed by atoms with E-state index < -0.39 is 24.3 Å². The molecule has 0 spiro atoms. The van der Waals surface area contributed by atoms with Crippen LogP contribution in [0.2, 0.25) is 0 Å². The van der Waals surface area contributed by atoms with Crippen LogP contribution in [0.4, 0.5) is 10.5 Å². The summed E-state index contributed by atoms with van der Waals surface area (Å²) in [5.41, 5.74) is 1.56. The number of benzene rings is 2. The smallest absolute Gasteiger partial charge is 0.319 e. The van der Waals surface area contributed by atoms with Gasteiger partial charge in [0.05, 0.1) is 19.3 Å². The van der Waals surface area contributed by atoms with Gasteiger partial charge in [-0.2, -0.15) is 0 Å². The molecule has 25 heavy (non-hydrogen) atoms. The second-order valence-electron chi connectivity index (χ2n) is 6.17. The monoisotopic (exact) mass is 342 g/mol. The van der Waals surface area contributed by atoms with Crippen LogP contribution in [0.1, 0.15) is 17.9 Å². The highest BCUT2D eigenvalue weighted by Crippen LogP contribution is 2.35. The van der Waals surface area contributed by atoms with E-state index in [1.807, 2.05) is 30.3 Å². The number of carbonyl (C=O) groups is 1. The van der Waals surface area contributed by atoms with Crippen molar-refractivity contribution < 1.29 is 19.7 Å². The van der Waals surface area contributed by atoms with Gasteiger partial charge in [0.25, 0.3) is 0 Å². The van der Waals surface area contributed by atoms with E-state index in [9.17, 15) is 15.0 Å². The van der Waals surface area contributed by atoms with Gasteiger partial charge < -0.3 is 25.6 Å². The van der Waals surface area contributed by atoms with Gasteiger partial charge in [0.15, 0.2) is 0 Å². The lowest BCUT2D eigenvalue weighted by Crippen LogP contribution is -2.46. The summed E-state index contributed by atoms with van der Waals surface area (Å²) in [5.74, 6) is 0.485. The third kappa shape index (κ3) is 3.92. The molecule has 1 aliphatic rings. The third-order valence-corrected chi connectivity index (χ3v) is 4.54. The molecule has 2 aromatic rings. The molecule has 1 saturated carbocycles. The van der Waals surface area contributed by atoms with Crippen molar-refractivity contribution in [3.63, 3.8) is 0 Å². The minimum atomic E-state index is -1.01. The van der Waals surface area contributed by atoms with Crippen LogP contribution in [0.3, 0.4) is 0 Å². The molecule has 1 fully saturated rings. The number of amides is 2. The Morgan fingerprint density at radius 2 is 1.88 bits per heavy atom. The lowest BCUT2D eigenvalue weighted by atomic mass is 9.94. The first-order valence-electron chi connectivity index (χ1n) is 8.21. The number of aliphatic hydroxyl groups is 2. The number of nitrogens with one attached hydrogen (secondary N) is 2. The van der Waals surface area contributed by atoms with E-state index in [1.165, 1.54) is 0 Å². The average Bonchev–Trinajstić information content (AvgIpc) is 2.91. The van der Waals surface area contributed by atoms with E-state index in [0.29, 0.717) is 17.9 Å². The molecular weight excluding hydrogens is 320 g/mol. The first-order chi connectivity index (χ1) is 12.1. The molecule has 1 aliphatic carbocycles. The zero-order chi connectivity index (χ0) is 17.8. The van der Waals surface area contributed by atoms with Crippen molar-refractivity contribution in [3.8, 4) is 5.75 Å². The Hall–Kier alpha value is -2.57. The highest BCUT2D eigenvalue weighted by atomic mass is 16.5. The van der Waals surface area contributed by atoms with Crippen LogP contribution in [0.15, 0.2) is 54.6 Å². The van der Waals surface area contributed by atoms with E-state index in [1.54, 1.807) is 31.4 Å². The molecule has 0 saturated heterocycles. The van der Waals surface area contributed by atoms with Gasteiger partial charge in [0.1, 0.15) is 11.9 Å². The summed E-state index contributed by atoms with van der Waals surface area (Å²) >= 11 is 0. The van der Waals surface area contributed by atoms with Gasteiger partial charge in [-0.05, 0) is 24.1 Å². The van der Waals surface area contributed by atoms with Crippen molar-refractivity contribution in [2.24, 2.45) is 0 Å². The standard InChI is InChI=1S/C19H22N2O4/c1-25-14-9-5-8-13(10-14)20-19(24)21-17-15(11-16(22)18(17)23)12-6-3-2-4-7-12/h2-10,15-18,22-23H,11H2,1H3,(H2,20,21,24)/t15-,16-,17-,18-/m1/s1. The Labute approximate surface area is 146 Å². The maximum Gasteiger partial charge on any atom is 0.319 e. The molecule has 3 rings (SSSR count). The topological polar surface area (TPSA) is 90.8 Å². The molecular formula is C19H22N2O4. The number of rotatable bonds is 4. The average molecular weight is 342 g/mol. The van der Waals surface area contributed by atoms with Crippen LogP contribution in [0.25, 0.3) is 0 Å². The Morgan fingerprint density at radius 3 is 2.60 bits per heavy atom. The predicted octanol–water partition coefficient (Wildman–Crippen LogP) is 2.09. The van der Waals surface area contributed by atoms with Crippen molar-refractivity contribution in [1.29, 1.82) is 0 Å². The van der Waals surface area contributed by atoms with Gasteiger partial charge in [-0.25, -0.2) is 4.79 Å². The van der Waals surface area contributed by atoms with E-state index in [-0.39, 0.29) is 5.92 Å². The van der Waals surface area contributed by atoms with Crippen molar-refractivity contribution in [3.05, 3.63) is 60.2 Å². The molecule has 0 aromatic heterocycles. The van der Waals surface area contributed by atoms with Gasteiger partial charge in [-0.3, -0.25) is 0 Å². The number of hydrogen-bond donors (Lipinski definition) is 4. The van der Waals surface area contributed by atoms with Crippen molar-refractivity contribution in [1.82, 2.24) is 5.32 Å². The van der Waals surface area contributed by atoms with Crippen LogP contribution in [0, 0.1) is 0 Å². The number of anilines is 1. The van der Waals surface area contributed by atoms with Gasteiger partial charge in [0.2, 0.25) is 0 Å². The van der Waals surface area contributed by atoms with Gasteiger partial charge >= 0.3 is 6.03 Å². The summed E-state index contributed by atoms with van der Waals surface area (Å²) in [5, 5.41) is 25.8. The van der Waals surface area contributed by atoms with Crippen LogP contribution in [0.5, 0.6) is 5.75 Å². The van der Waals surface area contributed by atoms with Crippen LogP contribution >= 0.6 is 0 Å². The zero-order valence-corrected chi connectivity index (χ0v) is 13.9. The largest absolute Gasteiger partial charge is 0.497 e. The maximum atomic E-state index is 12.3. The Bertz CT molecular complexity index is 722. The Morgan fingerprint density at radius 1 is 1.12 bits per heavy atom. The van der Waals surface area contributed by atoms with Crippen LogP contribution in [-0.4, -0.2) is 41.6 Å². The molecule has 0 bridgehead atoms. The molecule has 2 amide bonds. The minimum Gasteiger partial charge on any atom is -0.497 e. The first kappa shape index (κ1) is 17.3. The SMILES string of the molecule is COc1cccc(NC(=O)N[C@H]2[C@H](O)[C@H](O)C[C@@H]2c2ccccc2)c1. The Kier molecular flexibility index (Phi) is 5.21. The molecule has 2 aromatic carbocycles. The van der Waals surface area contributed by atoms with E-state index >= 15 is 0 Å². The summed E-state index contributed by atoms with van der Waals surface area (Å²) in [6, 6.07) is 15.6.